The van der Waals surface area contributed by atoms with Crippen LogP contribution >= 0.6 is 0 Å². The van der Waals surface area contributed by atoms with Gasteiger partial charge in [0.15, 0.2) is 0 Å². The number of nitrogens with zero attached hydrogens (tertiary/aromatic N) is 2. The fourth-order valence-corrected chi connectivity index (χ4v) is 2.80. The summed E-state index contributed by atoms with van der Waals surface area (Å²) in [4.78, 5) is 6.95. The highest BCUT2D eigenvalue weighted by molar-refractivity contribution is 5.97. The third-order valence-electron chi connectivity index (χ3n) is 4.23. The molecule has 118 valence electrons. The Labute approximate surface area is 134 Å². The quantitative estimate of drug-likeness (QED) is 0.803. The van der Waals surface area contributed by atoms with Crippen LogP contribution in [-0.4, -0.2) is 19.4 Å². The van der Waals surface area contributed by atoms with Gasteiger partial charge in [0.1, 0.15) is 5.84 Å². The van der Waals surface area contributed by atoms with Gasteiger partial charge in [-0.05, 0) is 31.0 Å². The zero-order chi connectivity index (χ0) is 16.5. The van der Waals surface area contributed by atoms with E-state index in [0.29, 0.717) is 0 Å². The molecule has 22 heavy (non-hydrogen) atoms. The largest absolute Gasteiger partial charge is 0.374 e. The number of hydrogen-bond donors (Lipinski definition) is 1. The van der Waals surface area contributed by atoms with Gasteiger partial charge in [0, 0.05) is 36.0 Å². The summed E-state index contributed by atoms with van der Waals surface area (Å²) in [6, 6.07) is 4.39. The van der Waals surface area contributed by atoms with Crippen LogP contribution in [0.2, 0.25) is 0 Å². The van der Waals surface area contributed by atoms with Crippen molar-refractivity contribution in [2.24, 2.45) is 4.99 Å². The molecule has 1 aliphatic heterocycles. The maximum Gasteiger partial charge on any atom is 0.103 e. The summed E-state index contributed by atoms with van der Waals surface area (Å²) in [5.74, 6) is 0.884. The predicted molar refractivity (Wildman–Crippen MR) is 98.2 cm³/mol. The van der Waals surface area contributed by atoms with Crippen LogP contribution in [0.1, 0.15) is 45.2 Å². The Balaban J connectivity index is 2.68. The molecule has 3 nitrogen and oxygen atoms in total. The normalized spacial score (nSPS) is 14.0. The molecule has 1 heterocycles. The van der Waals surface area contributed by atoms with Crippen LogP contribution in [0, 0.1) is 0 Å². The third kappa shape index (κ3) is 2.94. The highest BCUT2D eigenvalue weighted by atomic mass is 15.1. The highest BCUT2D eigenvalue weighted by Crippen LogP contribution is 2.40. The number of hydrogen-bond acceptors (Lipinski definition) is 3. The van der Waals surface area contributed by atoms with Crippen molar-refractivity contribution < 1.29 is 0 Å². The van der Waals surface area contributed by atoms with Gasteiger partial charge in [-0.1, -0.05) is 33.4 Å². The molecule has 0 aromatic heterocycles. The van der Waals surface area contributed by atoms with Gasteiger partial charge < -0.3 is 10.2 Å². The number of anilines is 1. The van der Waals surface area contributed by atoms with Crippen LogP contribution in [-0.2, 0) is 5.41 Å². The second-order valence-corrected chi connectivity index (χ2v) is 6.53. The van der Waals surface area contributed by atoms with Crippen LogP contribution in [0.3, 0.4) is 0 Å². The van der Waals surface area contributed by atoms with Gasteiger partial charge in [0.05, 0.1) is 5.69 Å². The second kappa shape index (κ2) is 5.99. The van der Waals surface area contributed by atoms with Crippen LogP contribution < -0.4 is 10.2 Å². The first-order valence-corrected chi connectivity index (χ1v) is 7.85. The van der Waals surface area contributed by atoms with Gasteiger partial charge in [0.25, 0.3) is 0 Å². The summed E-state index contributed by atoms with van der Waals surface area (Å²) in [5, 5.41) is 3.22. The standard InChI is InChI=1S/C19H27N3/c1-8-10-22(7)18-11-15-13(3)20-14(4)21-17(15)12-16(18)19(5,6)9-2/h9,11-12H,2-3,8,10H2,1,4-7H3,(H,20,21). The molecule has 0 bridgehead atoms. The molecule has 0 saturated heterocycles. The Morgan fingerprint density at radius 1 is 1.36 bits per heavy atom. The smallest absolute Gasteiger partial charge is 0.103 e. The average Bonchev–Trinajstić information content (AvgIpc) is 2.46. The first-order chi connectivity index (χ1) is 10.3. The van der Waals surface area contributed by atoms with Crippen molar-refractivity contribution in [3.05, 3.63) is 42.5 Å². The summed E-state index contributed by atoms with van der Waals surface area (Å²) in [7, 11) is 2.14. The molecule has 0 amide bonds. The topological polar surface area (TPSA) is 27.6 Å². The zero-order valence-electron chi connectivity index (χ0n) is 14.5. The third-order valence-corrected chi connectivity index (χ3v) is 4.23. The Bertz CT molecular complexity index is 638. The summed E-state index contributed by atoms with van der Waals surface area (Å²) >= 11 is 0. The number of allylic oxidation sites excluding steroid dienone is 1. The molecular weight excluding hydrogens is 270 g/mol. The van der Waals surface area contributed by atoms with E-state index in [1.165, 1.54) is 11.3 Å². The molecule has 1 aromatic carbocycles. The van der Waals surface area contributed by atoms with Crippen molar-refractivity contribution in [2.75, 3.05) is 18.5 Å². The minimum absolute atomic E-state index is 0.109. The molecule has 0 aliphatic carbocycles. The summed E-state index contributed by atoms with van der Waals surface area (Å²) in [6.07, 6.45) is 3.11. The Morgan fingerprint density at radius 3 is 2.64 bits per heavy atom. The van der Waals surface area contributed by atoms with Gasteiger partial charge in [-0.25, -0.2) is 4.99 Å². The number of amidine groups is 1. The summed E-state index contributed by atoms with van der Waals surface area (Å²) < 4.78 is 0. The number of rotatable bonds is 5. The van der Waals surface area contributed by atoms with Crippen molar-refractivity contribution in [3.63, 3.8) is 0 Å². The van der Waals surface area contributed by atoms with Crippen LogP contribution in [0.25, 0.3) is 5.70 Å². The molecule has 3 heteroatoms. The lowest BCUT2D eigenvalue weighted by Gasteiger charge is -2.31. The Hall–Kier alpha value is -2.03. The van der Waals surface area contributed by atoms with Gasteiger partial charge in [-0.15, -0.1) is 6.58 Å². The lowest BCUT2D eigenvalue weighted by atomic mass is 9.82. The predicted octanol–water partition coefficient (Wildman–Crippen LogP) is 4.62. The van der Waals surface area contributed by atoms with Gasteiger partial charge in [-0.3, -0.25) is 0 Å². The van der Waals surface area contributed by atoms with Crippen molar-refractivity contribution in [1.29, 1.82) is 0 Å². The van der Waals surface area contributed by atoms with E-state index in [1.807, 2.05) is 13.0 Å². The van der Waals surface area contributed by atoms with E-state index in [4.69, 9.17) is 0 Å². The molecule has 2 rings (SSSR count). The van der Waals surface area contributed by atoms with E-state index in [-0.39, 0.29) is 5.41 Å². The average molecular weight is 297 g/mol. The molecule has 0 unspecified atom stereocenters. The van der Waals surface area contributed by atoms with E-state index in [2.05, 4.69) is 68.3 Å². The van der Waals surface area contributed by atoms with E-state index < -0.39 is 0 Å². The van der Waals surface area contributed by atoms with Crippen molar-refractivity contribution >= 4 is 22.9 Å². The van der Waals surface area contributed by atoms with Crippen molar-refractivity contribution in [3.8, 4) is 0 Å². The van der Waals surface area contributed by atoms with E-state index in [1.54, 1.807) is 0 Å². The number of aliphatic imine (C=N–C) groups is 1. The minimum Gasteiger partial charge on any atom is -0.374 e. The highest BCUT2D eigenvalue weighted by Gasteiger charge is 2.25. The van der Waals surface area contributed by atoms with Crippen LogP contribution in [0.15, 0.2) is 36.4 Å². The summed E-state index contributed by atoms with van der Waals surface area (Å²) in [5.41, 5.74) is 5.34. The molecule has 1 N–H and O–H groups in total. The van der Waals surface area contributed by atoms with Gasteiger partial charge in [0.2, 0.25) is 0 Å². The first kappa shape index (κ1) is 16.3. The zero-order valence-corrected chi connectivity index (χ0v) is 14.5. The lowest BCUT2D eigenvalue weighted by Crippen LogP contribution is -2.26. The lowest BCUT2D eigenvalue weighted by molar-refractivity contribution is 0.666. The molecule has 0 radical (unpaired) electrons. The molecule has 0 saturated carbocycles. The Morgan fingerprint density at radius 2 is 2.05 bits per heavy atom. The molecule has 1 aliphatic rings. The number of fused-ring (bicyclic) bond motifs is 1. The van der Waals surface area contributed by atoms with Gasteiger partial charge >= 0.3 is 0 Å². The van der Waals surface area contributed by atoms with Crippen molar-refractivity contribution in [1.82, 2.24) is 5.32 Å². The van der Waals surface area contributed by atoms with Gasteiger partial charge in [-0.2, -0.15) is 0 Å². The molecule has 1 aromatic rings. The molecular formula is C19H27N3. The van der Waals surface area contributed by atoms with E-state index in [0.717, 1.165) is 35.7 Å². The summed E-state index contributed by atoms with van der Waals surface area (Å²) in [6.45, 7) is 17.7. The number of nitrogens with one attached hydrogen (secondary N) is 1. The minimum atomic E-state index is -0.109. The monoisotopic (exact) mass is 297 g/mol. The van der Waals surface area contributed by atoms with Crippen molar-refractivity contribution in [2.45, 2.75) is 39.5 Å². The maximum atomic E-state index is 4.64. The second-order valence-electron chi connectivity index (χ2n) is 6.53. The Kier molecular flexibility index (Phi) is 4.45. The number of benzene rings is 1. The fraction of sp³-hybridized carbons (Fsp3) is 0.421. The SMILES string of the molecule is C=CC(C)(C)c1cc2c(cc1N(C)CCC)C(=C)NC(C)=N2. The van der Waals surface area contributed by atoms with Crippen LogP contribution in [0.5, 0.6) is 0 Å². The fourth-order valence-electron chi connectivity index (χ4n) is 2.80. The molecule has 0 atom stereocenters. The maximum absolute atomic E-state index is 4.64. The van der Waals surface area contributed by atoms with E-state index in [9.17, 15) is 0 Å². The van der Waals surface area contributed by atoms with Crippen LogP contribution in [0.4, 0.5) is 11.4 Å². The first-order valence-electron chi connectivity index (χ1n) is 7.85. The molecule has 0 fully saturated rings. The van der Waals surface area contributed by atoms with E-state index >= 15 is 0 Å². The molecule has 0 spiro atoms.